The van der Waals surface area contributed by atoms with E-state index in [1.807, 2.05) is 25.1 Å². The Balaban J connectivity index is 2.52. The van der Waals surface area contributed by atoms with Crippen LogP contribution >= 0.6 is 0 Å². The van der Waals surface area contributed by atoms with Gasteiger partial charge in [-0.05, 0) is 37.0 Å². The number of methoxy groups -OCH3 is 1. The summed E-state index contributed by atoms with van der Waals surface area (Å²) >= 11 is 0. The smallest absolute Gasteiger partial charge is 0.326 e. The monoisotopic (exact) mass is 338 g/mol. The molecule has 0 aliphatic carbocycles. The van der Waals surface area contributed by atoms with Gasteiger partial charge in [-0.1, -0.05) is 19.9 Å². The van der Waals surface area contributed by atoms with Crippen LogP contribution in [0.3, 0.4) is 0 Å². The van der Waals surface area contributed by atoms with Gasteiger partial charge in [-0.15, -0.1) is 0 Å². The van der Waals surface area contributed by atoms with Crippen LogP contribution in [0.25, 0.3) is 0 Å². The summed E-state index contributed by atoms with van der Waals surface area (Å²) in [6.45, 7) is 6.32. The minimum atomic E-state index is -1.05. The highest BCUT2D eigenvalue weighted by Crippen LogP contribution is 2.28. The minimum Gasteiger partial charge on any atom is -0.493 e. The van der Waals surface area contributed by atoms with Gasteiger partial charge in [0.25, 0.3) is 0 Å². The van der Waals surface area contributed by atoms with Crippen LogP contribution in [0, 0.1) is 5.92 Å². The normalized spacial score (nSPS) is 11.7. The molecule has 1 aromatic carbocycles. The molecule has 0 bridgehead atoms. The number of aliphatic carboxylic acids is 1. The second-order valence-corrected chi connectivity index (χ2v) is 5.63. The zero-order valence-corrected chi connectivity index (χ0v) is 14.6. The van der Waals surface area contributed by atoms with Gasteiger partial charge in [0.1, 0.15) is 6.04 Å². The molecule has 0 saturated heterocycles. The van der Waals surface area contributed by atoms with Gasteiger partial charge in [-0.3, -0.25) is 0 Å². The van der Waals surface area contributed by atoms with E-state index in [4.69, 9.17) is 14.6 Å². The second kappa shape index (κ2) is 9.64. The van der Waals surface area contributed by atoms with E-state index in [9.17, 15) is 9.59 Å². The number of carboxylic acids is 1. The van der Waals surface area contributed by atoms with Gasteiger partial charge in [-0.25, -0.2) is 9.59 Å². The van der Waals surface area contributed by atoms with Crippen LogP contribution in [0.5, 0.6) is 11.5 Å². The number of carbonyl (C=O) groups is 2. The van der Waals surface area contributed by atoms with Crippen LogP contribution in [0.2, 0.25) is 0 Å². The molecule has 24 heavy (non-hydrogen) atoms. The van der Waals surface area contributed by atoms with Crippen LogP contribution < -0.4 is 20.1 Å². The van der Waals surface area contributed by atoms with Crippen molar-refractivity contribution in [3.63, 3.8) is 0 Å². The van der Waals surface area contributed by atoms with Crippen LogP contribution in [-0.4, -0.2) is 43.4 Å². The van der Waals surface area contributed by atoms with E-state index in [-0.39, 0.29) is 5.92 Å². The average molecular weight is 338 g/mol. The summed E-state index contributed by atoms with van der Waals surface area (Å²) in [6.07, 6.45) is 0.593. The van der Waals surface area contributed by atoms with E-state index in [0.717, 1.165) is 5.56 Å². The van der Waals surface area contributed by atoms with Crippen molar-refractivity contribution < 1.29 is 24.2 Å². The van der Waals surface area contributed by atoms with Gasteiger partial charge in [0.2, 0.25) is 0 Å². The highest BCUT2D eigenvalue weighted by molar-refractivity contribution is 5.82. The number of carbonyl (C=O) groups excluding carboxylic acids is 1. The molecule has 3 N–H and O–H groups in total. The topological polar surface area (TPSA) is 96.9 Å². The van der Waals surface area contributed by atoms with Crippen molar-refractivity contribution in [3.8, 4) is 11.5 Å². The lowest BCUT2D eigenvalue weighted by Crippen LogP contribution is -2.48. The quantitative estimate of drug-likeness (QED) is 0.640. The van der Waals surface area contributed by atoms with Crippen LogP contribution in [0.15, 0.2) is 18.2 Å². The highest BCUT2D eigenvalue weighted by atomic mass is 16.5. The molecule has 2 amide bonds. The number of nitrogens with one attached hydrogen (secondary N) is 2. The van der Waals surface area contributed by atoms with Crippen molar-refractivity contribution >= 4 is 12.0 Å². The Hall–Kier alpha value is -2.44. The molecule has 134 valence electrons. The average Bonchev–Trinajstić information content (AvgIpc) is 2.53. The SMILES string of the molecule is CCOc1ccc(CCNC(=O)NC(C(=O)O)C(C)C)cc1OC. The summed E-state index contributed by atoms with van der Waals surface area (Å²) in [5.41, 5.74) is 0.981. The molecule has 1 atom stereocenters. The molecule has 7 nitrogen and oxygen atoms in total. The summed E-state index contributed by atoms with van der Waals surface area (Å²) in [7, 11) is 1.57. The molecular weight excluding hydrogens is 312 g/mol. The molecule has 0 saturated carbocycles. The Morgan fingerprint density at radius 3 is 2.50 bits per heavy atom. The first-order valence-corrected chi connectivity index (χ1v) is 7.95. The molecule has 0 aliphatic rings. The maximum Gasteiger partial charge on any atom is 0.326 e. The molecule has 0 heterocycles. The van der Waals surface area contributed by atoms with Crippen LogP contribution in [0.4, 0.5) is 4.79 Å². The summed E-state index contributed by atoms with van der Waals surface area (Å²) < 4.78 is 10.7. The Bertz CT molecular complexity index is 560. The number of urea groups is 1. The molecular formula is C17H26N2O5. The molecule has 0 radical (unpaired) electrons. The maximum atomic E-state index is 11.8. The van der Waals surface area contributed by atoms with E-state index in [1.165, 1.54) is 0 Å². The number of hydrogen-bond acceptors (Lipinski definition) is 4. The zero-order chi connectivity index (χ0) is 18.1. The number of carboxylic acid groups (broad SMARTS) is 1. The lowest BCUT2D eigenvalue weighted by molar-refractivity contribution is -0.140. The standard InChI is InChI=1S/C17H26N2O5/c1-5-24-13-7-6-12(10-14(13)23-4)8-9-18-17(22)19-15(11(2)3)16(20)21/h6-7,10-11,15H,5,8-9H2,1-4H3,(H,20,21)(H2,18,19,22). The van der Waals surface area contributed by atoms with Gasteiger partial charge in [0, 0.05) is 6.54 Å². The molecule has 0 aliphatic heterocycles. The minimum absolute atomic E-state index is 0.191. The third kappa shape index (κ3) is 5.98. The summed E-state index contributed by atoms with van der Waals surface area (Å²) in [5, 5.41) is 14.2. The zero-order valence-electron chi connectivity index (χ0n) is 14.6. The Morgan fingerprint density at radius 1 is 1.25 bits per heavy atom. The molecule has 0 fully saturated rings. The first kappa shape index (κ1) is 19.6. The van der Waals surface area contributed by atoms with Crippen LogP contribution in [0.1, 0.15) is 26.3 Å². The number of benzene rings is 1. The predicted molar refractivity (Wildman–Crippen MR) is 90.7 cm³/mol. The Labute approximate surface area is 142 Å². The molecule has 0 spiro atoms. The lowest BCUT2D eigenvalue weighted by atomic mass is 10.1. The third-order valence-electron chi connectivity index (χ3n) is 3.45. The van der Waals surface area contributed by atoms with Crippen LogP contribution in [-0.2, 0) is 11.2 Å². The first-order chi connectivity index (χ1) is 11.4. The van der Waals surface area contributed by atoms with Gasteiger partial charge in [-0.2, -0.15) is 0 Å². The van der Waals surface area contributed by atoms with Gasteiger partial charge < -0.3 is 25.2 Å². The predicted octanol–water partition coefficient (Wildman–Crippen LogP) is 2.04. The molecule has 1 aromatic rings. The largest absolute Gasteiger partial charge is 0.493 e. The third-order valence-corrected chi connectivity index (χ3v) is 3.45. The summed E-state index contributed by atoms with van der Waals surface area (Å²) in [6, 6.07) is 4.20. The lowest BCUT2D eigenvalue weighted by Gasteiger charge is -2.18. The van der Waals surface area contributed by atoms with Crippen molar-refractivity contribution in [2.24, 2.45) is 5.92 Å². The number of rotatable bonds is 9. The van der Waals surface area contributed by atoms with Gasteiger partial charge in [0.15, 0.2) is 11.5 Å². The molecule has 1 rings (SSSR count). The Kier molecular flexibility index (Phi) is 7.88. The van der Waals surface area contributed by atoms with E-state index in [1.54, 1.807) is 21.0 Å². The number of amides is 2. The van der Waals surface area contributed by atoms with Crippen molar-refractivity contribution in [2.75, 3.05) is 20.3 Å². The Morgan fingerprint density at radius 2 is 1.96 bits per heavy atom. The van der Waals surface area contributed by atoms with Gasteiger partial charge in [0.05, 0.1) is 13.7 Å². The van der Waals surface area contributed by atoms with E-state index in [2.05, 4.69) is 10.6 Å². The molecule has 7 heteroatoms. The fraction of sp³-hybridized carbons (Fsp3) is 0.529. The summed E-state index contributed by atoms with van der Waals surface area (Å²) in [4.78, 5) is 22.8. The van der Waals surface area contributed by atoms with Crippen molar-refractivity contribution in [3.05, 3.63) is 23.8 Å². The van der Waals surface area contributed by atoms with Gasteiger partial charge >= 0.3 is 12.0 Å². The number of ether oxygens (including phenoxy) is 2. The highest BCUT2D eigenvalue weighted by Gasteiger charge is 2.23. The van der Waals surface area contributed by atoms with E-state index in [0.29, 0.717) is 31.1 Å². The fourth-order valence-electron chi connectivity index (χ4n) is 2.17. The number of hydrogen-bond donors (Lipinski definition) is 3. The van der Waals surface area contributed by atoms with E-state index >= 15 is 0 Å². The maximum absolute atomic E-state index is 11.8. The second-order valence-electron chi connectivity index (χ2n) is 5.63. The molecule has 1 unspecified atom stereocenters. The fourth-order valence-corrected chi connectivity index (χ4v) is 2.17. The van der Waals surface area contributed by atoms with Crippen molar-refractivity contribution in [1.82, 2.24) is 10.6 Å². The van der Waals surface area contributed by atoms with Crippen molar-refractivity contribution in [2.45, 2.75) is 33.2 Å². The first-order valence-electron chi connectivity index (χ1n) is 7.95. The van der Waals surface area contributed by atoms with Crippen molar-refractivity contribution in [1.29, 1.82) is 0 Å². The summed E-state index contributed by atoms with van der Waals surface area (Å²) in [5.74, 6) is 0.0836. The van der Waals surface area contributed by atoms with E-state index < -0.39 is 18.0 Å². The molecule has 0 aromatic heterocycles.